The zero-order chi connectivity index (χ0) is 10.7. The molecule has 0 heterocycles. The summed E-state index contributed by atoms with van der Waals surface area (Å²) in [4.78, 5) is 10.4. The number of hydrogen-bond acceptors (Lipinski definition) is 1. The van der Waals surface area contributed by atoms with Gasteiger partial charge in [0.2, 0.25) is 0 Å². The lowest BCUT2D eigenvalue weighted by Crippen LogP contribution is -2.14. The fraction of sp³-hybridized carbons (Fsp3) is 0. The second-order valence-corrected chi connectivity index (χ2v) is 7.02. The molecule has 0 aliphatic heterocycles. The van der Waals surface area contributed by atoms with Crippen LogP contribution in [-0.4, -0.2) is 15.9 Å². The second kappa shape index (κ2) is 5.55. The van der Waals surface area contributed by atoms with Crippen LogP contribution < -0.4 is 10.6 Å². The Labute approximate surface area is 105 Å². The summed E-state index contributed by atoms with van der Waals surface area (Å²) in [6.07, 6.45) is -2.56. The van der Waals surface area contributed by atoms with E-state index in [0.29, 0.717) is 0 Å². The van der Waals surface area contributed by atoms with Crippen LogP contribution in [-0.2, 0) is 11.8 Å². The minimum atomic E-state index is -2.56. The van der Waals surface area contributed by atoms with E-state index in [1.54, 1.807) is 0 Å². The predicted molar refractivity (Wildman–Crippen MR) is 80.0 cm³/mol. The van der Waals surface area contributed by atoms with Gasteiger partial charge in [0.05, 0.1) is 0 Å². The molecule has 0 radical (unpaired) electrons. The van der Waals surface area contributed by atoms with E-state index in [1.807, 2.05) is 60.7 Å². The maximum absolute atomic E-state index is 10.4. The third-order valence-corrected chi connectivity index (χ3v) is 5.47. The van der Waals surface area contributed by atoms with Gasteiger partial charge in [-0.05, 0) is 11.0 Å². The van der Waals surface area contributed by atoms with Gasteiger partial charge in [0.1, 0.15) is 6.26 Å². The van der Waals surface area contributed by atoms with Gasteiger partial charge in [-0.2, -0.15) is 0 Å². The number of rotatable bonds is 2. The zero-order valence-electron chi connectivity index (χ0n) is 8.08. The third-order valence-electron chi connectivity index (χ3n) is 2.21. The van der Waals surface area contributed by atoms with Crippen molar-refractivity contribution in [2.24, 2.45) is 0 Å². The molecule has 0 unspecified atom stereocenters. The lowest BCUT2D eigenvalue weighted by molar-refractivity contribution is 0.642. The monoisotopic (exact) mass is 266 g/mol. The Morgan fingerprint density at radius 2 is 1.06 bits per heavy atom. The Morgan fingerprint density at radius 1 is 0.750 bits per heavy atom. The molecule has 0 atom stereocenters. The molecule has 0 aliphatic rings. The maximum Gasteiger partial charge on any atom is 0.120 e. The molecule has 2 rings (SSSR count). The van der Waals surface area contributed by atoms with Crippen LogP contribution in [0.5, 0.6) is 0 Å². The van der Waals surface area contributed by atoms with Crippen LogP contribution in [0.4, 0.5) is 0 Å². The molecule has 4 heteroatoms. The van der Waals surface area contributed by atoms with Gasteiger partial charge in [0, 0.05) is 10.6 Å². The lowest BCUT2D eigenvalue weighted by Gasteiger charge is -2.15. The van der Waals surface area contributed by atoms with Crippen molar-refractivity contribution in [1.29, 1.82) is 0 Å². The minimum Gasteiger partial charge on any atom is -0.358 e. The lowest BCUT2D eigenvalue weighted by atomic mass is 10.4. The summed E-state index contributed by atoms with van der Waals surface area (Å²) in [5, 5.41) is 1.68. The molecule has 0 saturated heterocycles. The van der Waals surface area contributed by atoms with E-state index in [2.05, 4.69) is 0 Å². The van der Waals surface area contributed by atoms with E-state index in [0.717, 1.165) is 10.6 Å². The Balaban J connectivity index is 0.00000128. The summed E-state index contributed by atoms with van der Waals surface area (Å²) in [5.41, 5.74) is 0. The molecular formula is C12H15OPSSi. The highest BCUT2D eigenvalue weighted by atomic mass is 32.4. The van der Waals surface area contributed by atoms with Crippen molar-refractivity contribution in [3.05, 3.63) is 60.7 Å². The molecule has 0 saturated carbocycles. The topological polar surface area (TPSA) is 20.2 Å². The van der Waals surface area contributed by atoms with E-state index in [1.165, 1.54) is 0 Å². The van der Waals surface area contributed by atoms with Gasteiger partial charge >= 0.3 is 0 Å². The van der Waals surface area contributed by atoms with Gasteiger partial charge in [0.25, 0.3) is 0 Å². The summed E-state index contributed by atoms with van der Waals surface area (Å²) in [5.74, 6) is 0. The van der Waals surface area contributed by atoms with Crippen LogP contribution in [0.15, 0.2) is 60.7 Å². The van der Waals surface area contributed by atoms with Crippen LogP contribution in [0.3, 0.4) is 0 Å². The van der Waals surface area contributed by atoms with E-state index >= 15 is 0 Å². The quantitative estimate of drug-likeness (QED) is 0.633. The fourth-order valence-electron chi connectivity index (χ4n) is 1.41. The first kappa shape index (κ1) is 13.3. The Morgan fingerprint density at radius 3 is 1.38 bits per heavy atom. The predicted octanol–water partition coefficient (Wildman–Crippen LogP) is 0.573. The SMILES string of the molecule is OP(=S)(c1ccccc1)c1ccccc1.[SiH4]. The summed E-state index contributed by atoms with van der Waals surface area (Å²) >= 11 is 5.34. The standard InChI is InChI=1S/C12H11OPS.H4Si/c13-14(15,11-7-3-1-4-8-11)12-9-5-2-6-10-12;/h1-10H,(H,13,15);1H4. The van der Waals surface area contributed by atoms with Crippen LogP contribution in [0.25, 0.3) is 0 Å². The van der Waals surface area contributed by atoms with Crippen molar-refractivity contribution in [3.63, 3.8) is 0 Å². The average molecular weight is 266 g/mol. The molecule has 16 heavy (non-hydrogen) atoms. The fourth-order valence-corrected chi connectivity index (χ4v) is 3.59. The highest BCUT2D eigenvalue weighted by molar-refractivity contribution is 8.19. The second-order valence-electron chi connectivity index (χ2n) is 3.25. The molecule has 1 N–H and O–H groups in total. The molecule has 0 bridgehead atoms. The van der Waals surface area contributed by atoms with Gasteiger partial charge in [-0.15, -0.1) is 0 Å². The normalized spacial score (nSPS) is 10.6. The first-order valence-electron chi connectivity index (χ1n) is 4.65. The zero-order valence-corrected chi connectivity index (χ0v) is 9.79. The number of hydrogen-bond donors (Lipinski definition) is 1. The van der Waals surface area contributed by atoms with Crippen LogP contribution in [0, 0.1) is 0 Å². The average Bonchev–Trinajstić information content (AvgIpc) is 2.31. The van der Waals surface area contributed by atoms with Gasteiger partial charge < -0.3 is 4.89 Å². The van der Waals surface area contributed by atoms with Crippen molar-refractivity contribution in [2.45, 2.75) is 0 Å². The highest BCUT2D eigenvalue weighted by Gasteiger charge is 2.17. The molecule has 2 aromatic carbocycles. The summed E-state index contributed by atoms with van der Waals surface area (Å²) in [6.45, 7) is 0. The molecular weight excluding hydrogens is 251 g/mol. The van der Waals surface area contributed by atoms with Gasteiger partial charge in [-0.3, -0.25) is 0 Å². The van der Waals surface area contributed by atoms with E-state index in [9.17, 15) is 4.89 Å². The van der Waals surface area contributed by atoms with Crippen molar-refractivity contribution < 1.29 is 4.89 Å². The molecule has 1 nitrogen and oxygen atoms in total. The van der Waals surface area contributed by atoms with Gasteiger partial charge in [-0.25, -0.2) is 0 Å². The van der Waals surface area contributed by atoms with Crippen molar-refractivity contribution in [1.82, 2.24) is 0 Å². The molecule has 0 amide bonds. The summed E-state index contributed by atoms with van der Waals surface area (Å²) in [6, 6.07) is 19.0. The highest BCUT2D eigenvalue weighted by Crippen LogP contribution is 2.37. The van der Waals surface area contributed by atoms with Crippen molar-refractivity contribution >= 4 is 39.6 Å². The Bertz CT molecular complexity index is 443. The van der Waals surface area contributed by atoms with Crippen LogP contribution >= 0.6 is 6.26 Å². The smallest absolute Gasteiger partial charge is 0.120 e. The van der Waals surface area contributed by atoms with E-state index < -0.39 is 6.26 Å². The Kier molecular flexibility index (Phi) is 4.63. The molecule has 0 spiro atoms. The largest absolute Gasteiger partial charge is 0.358 e. The summed E-state index contributed by atoms with van der Waals surface area (Å²) < 4.78 is 0. The first-order valence-corrected chi connectivity index (χ1v) is 7.41. The van der Waals surface area contributed by atoms with E-state index in [4.69, 9.17) is 11.8 Å². The molecule has 84 valence electrons. The molecule has 0 fully saturated rings. The third kappa shape index (κ3) is 2.69. The van der Waals surface area contributed by atoms with Gasteiger partial charge in [0.15, 0.2) is 0 Å². The molecule has 0 aliphatic carbocycles. The minimum absolute atomic E-state index is 0. The van der Waals surface area contributed by atoms with Gasteiger partial charge in [-0.1, -0.05) is 72.5 Å². The molecule has 2 aromatic rings. The van der Waals surface area contributed by atoms with E-state index in [-0.39, 0.29) is 11.0 Å². The van der Waals surface area contributed by atoms with Crippen molar-refractivity contribution in [3.8, 4) is 0 Å². The summed E-state index contributed by atoms with van der Waals surface area (Å²) in [7, 11) is 0. The van der Waals surface area contributed by atoms with Crippen LogP contribution in [0.1, 0.15) is 0 Å². The number of benzene rings is 2. The Hall–Kier alpha value is -0.733. The first-order chi connectivity index (χ1) is 7.21. The maximum atomic E-state index is 10.4. The molecule has 0 aromatic heterocycles. The van der Waals surface area contributed by atoms with Crippen molar-refractivity contribution in [2.75, 3.05) is 0 Å². The van der Waals surface area contributed by atoms with Crippen LogP contribution in [0.2, 0.25) is 0 Å².